The molecule has 0 unspecified atom stereocenters. The molecule has 0 aromatic carbocycles. The molecule has 2 aromatic rings. The monoisotopic (exact) mass is 232 g/mol. The van der Waals surface area contributed by atoms with Gasteiger partial charge in [0.2, 0.25) is 5.78 Å². The standard InChI is InChI=1S/C11H12N4O2/c1-7-4-13-8(5-12-7)11(16)10-9(17-3)6-14-15(10)2/h4-6H,1-3H3. The van der Waals surface area contributed by atoms with Crippen molar-refractivity contribution in [3.8, 4) is 5.75 Å². The molecule has 0 radical (unpaired) electrons. The van der Waals surface area contributed by atoms with Gasteiger partial charge in [-0.15, -0.1) is 0 Å². The molecular weight excluding hydrogens is 220 g/mol. The smallest absolute Gasteiger partial charge is 0.234 e. The molecule has 6 nitrogen and oxygen atoms in total. The summed E-state index contributed by atoms with van der Waals surface area (Å²) in [6, 6.07) is 0. The van der Waals surface area contributed by atoms with Gasteiger partial charge < -0.3 is 4.74 Å². The van der Waals surface area contributed by atoms with Crippen molar-refractivity contribution >= 4 is 5.78 Å². The van der Waals surface area contributed by atoms with Gasteiger partial charge >= 0.3 is 0 Å². The van der Waals surface area contributed by atoms with E-state index < -0.39 is 0 Å². The van der Waals surface area contributed by atoms with Gasteiger partial charge in [0, 0.05) is 13.2 Å². The zero-order valence-electron chi connectivity index (χ0n) is 9.84. The highest BCUT2D eigenvalue weighted by molar-refractivity contribution is 6.08. The lowest BCUT2D eigenvalue weighted by molar-refractivity contribution is 0.102. The lowest BCUT2D eigenvalue weighted by Crippen LogP contribution is -2.11. The van der Waals surface area contributed by atoms with Crippen molar-refractivity contribution in [1.82, 2.24) is 19.7 Å². The second-order valence-corrected chi connectivity index (χ2v) is 3.56. The van der Waals surface area contributed by atoms with Crippen LogP contribution in [0.3, 0.4) is 0 Å². The molecule has 88 valence electrons. The van der Waals surface area contributed by atoms with Crippen molar-refractivity contribution < 1.29 is 9.53 Å². The Morgan fingerprint density at radius 1 is 1.29 bits per heavy atom. The number of carbonyl (C=O) groups excluding carboxylic acids is 1. The number of hydrogen-bond donors (Lipinski definition) is 0. The van der Waals surface area contributed by atoms with Gasteiger partial charge in [0.1, 0.15) is 5.69 Å². The first-order chi connectivity index (χ1) is 8.13. The Bertz CT molecular complexity index is 545. The van der Waals surface area contributed by atoms with Crippen LogP contribution in [0.1, 0.15) is 21.9 Å². The molecule has 0 saturated heterocycles. The molecule has 0 bridgehead atoms. The Kier molecular flexibility index (Phi) is 2.86. The molecule has 2 heterocycles. The van der Waals surface area contributed by atoms with Crippen molar-refractivity contribution in [2.24, 2.45) is 7.05 Å². The number of ether oxygens (including phenoxy) is 1. The number of carbonyl (C=O) groups is 1. The molecule has 0 saturated carbocycles. The summed E-state index contributed by atoms with van der Waals surface area (Å²) in [5.41, 5.74) is 1.40. The fourth-order valence-corrected chi connectivity index (χ4v) is 1.46. The van der Waals surface area contributed by atoms with Crippen LogP contribution >= 0.6 is 0 Å². The van der Waals surface area contributed by atoms with Crippen LogP contribution in [0.5, 0.6) is 5.75 Å². The van der Waals surface area contributed by atoms with Crippen LogP contribution in [0.2, 0.25) is 0 Å². The number of aryl methyl sites for hydroxylation is 2. The number of aromatic nitrogens is 4. The Hall–Kier alpha value is -2.24. The molecule has 0 atom stereocenters. The van der Waals surface area contributed by atoms with Crippen LogP contribution < -0.4 is 4.74 Å². The SMILES string of the molecule is COc1cnn(C)c1C(=O)c1cnc(C)cn1. The van der Waals surface area contributed by atoms with Crippen molar-refractivity contribution in [3.63, 3.8) is 0 Å². The maximum Gasteiger partial charge on any atom is 0.234 e. The molecule has 0 aliphatic heterocycles. The van der Waals surface area contributed by atoms with Gasteiger partial charge in [0.15, 0.2) is 11.4 Å². The Balaban J connectivity index is 2.43. The summed E-state index contributed by atoms with van der Waals surface area (Å²) >= 11 is 0. The highest BCUT2D eigenvalue weighted by atomic mass is 16.5. The molecule has 0 amide bonds. The third kappa shape index (κ3) is 2.01. The van der Waals surface area contributed by atoms with Gasteiger partial charge in [0.25, 0.3) is 0 Å². The fraction of sp³-hybridized carbons (Fsp3) is 0.273. The van der Waals surface area contributed by atoms with Gasteiger partial charge in [-0.05, 0) is 6.92 Å². The first-order valence-electron chi connectivity index (χ1n) is 5.03. The predicted octanol–water partition coefficient (Wildman–Crippen LogP) is 0.758. The molecule has 0 aliphatic carbocycles. The van der Waals surface area contributed by atoms with Crippen LogP contribution in [0, 0.1) is 6.92 Å². The van der Waals surface area contributed by atoms with Crippen molar-refractivity contribution in [1.29, 1.82) is 0 Å². The molecule has 2 aromatic heterocycles. The van der Waals surface area contributed by atoms with Crippen LogP contribution in [-0.2, 0) is 7.05 Å². The summed E-state index contributed by atoms with van der Waals surface area (Å²) in [5.74, 6) is 0.175. The Morgan fingerprint density at radius 2 is 2.06 bits per heavy atom. The summed E-state index contributed by atoms with van der Waals surface area (Å²) in [6.07, 6.45) is 4.50. The van der Waals surface area contributed by atoms with Crippen molar-refractivity contribution in [2.45, 2.75) is 6.92 Å². The Morgan fingerprint density at radius 3 is 2.65 bits per heavy atom. The van der Waals surface area contributed by atoms with E-state index in [4.69, 9.17) is 4.74 Å². The normalized spacial score (nSPS) is 10.3. The lowest BCUT2D eigenvalue weighted by Gasteiger charge is -2.03. The molecule has 0 spiro atoms. The van der Waals surface area contributed by atoms with Gasteiger partial charge in [-0.1, -0.05) is 0 Å². The van der Waals surface area contributed by atoms with Crippen LogP contribution in [0.25, 0.3) is 0 Å². The zero-order valence-corrected chi connectivity index (χ0v) is 9.84. The maximum absolute atomic E-state index is 12.2. The minimum absolute atomic E-state index is 0.255. The maximum atomic E-state index is 12.2. The van der Waals surface area contributed by atoms with E-state index in [0.717, 1.165) is 5.69 Å². The quantitative estimate of drug-likeness (QED) is 0.730. The molecule has 17 heavy (non-hydrogen) atoms. The summed E-state index contributed by atoms with van der Waals surface area (Å²) in [5, 5.41) is 3.97. The Labute approximate surface area is 98.3 Å². The van der Waals surface area contributed by atoms with Crippen LogP contribution in [0.15, 0.2) is 18.6 Å². The van der Waals surface area contributed by atoms with Gasteiger partial charge in [0.05, 0.1) is 25.2 Å². The third-order valence-electron chi connectivity index (χ3n) is 2.35. The van der Waals surface area contributed by atoms with E-state index in [2.05, 4.69) is 15.1 Å². The second kappa shape index (κ2) is 4.32. The minimum Gasteiger partial charge on any atom is -0.493 e. The van der Waals surface area contributed by atoms with Crippen molar-refractivity contribution in [3.05, 3.63) is 35.7 Å². The van der Waals surface area contributed by atoms with Gasteiger partial charge in [-0.3, -0.25) is 14.5 Å². The summed E-state index contributed by atoms with van der Waals surface area (Å²) in [7, 11) is 3.17. The number of nitrogens with zero attached hydrogens (tertiary/aromatic N) is 4. The first kappa shape index (κ1) is 11.3. The molecular formula is C11H12N4O2. The van der Waals surface area contributed by atoms with Crippen LogP contribution in [0.4, 0.5) is 0 Å². The fourth-order valence-electron chi connectivity index (χ4n) is 1.46. The topological polar surface area (TPSA) is 69.9 Å². The highest BCUT2D eigenvalue weighted by Crippen LogP contribution is 2.19. The second-order valence-electron chi connectivity index (χ2n) is 3.56. The summed E-state index contributed by atoms with van der Waals surface area (Å²) in [6.45, 7) is 1.81. The first-order valence-corrected chi connectivity index (χ1v) is 5.03. The van der Waals surface area contributed by atoms with Gasteiger partial charge in [-0.2, -0.15) is 5.10 Å². The van der Waals surface area contributed by atoms with E-state index >= 15 is 0 Å². The number of rotatable bonds is 3. The molecule has 2 rings (SSSR count). The average molecular weight is 232 g/mol. The van der Waals surface area contributed by atoms with E-state index in [-0.39, 0.29) is 11.5 Å². The molecule has 0 fully saturated rings. The van der Waals surface area contributed by atoms with E-state index in [9.17, 15) is 4.79 Å². The number of ketones is 1. The van der Waals surface area contributed by atoms with E-state index in [1.807, 2.05) is 6.92 Å². The van der Waals surface area contributed by atoms with E-state index in [0.29, 0.717) is 11.4 Å². The van der Waals surface area contributed by atoms with E-state index in [1.165, 1.54) is 24.2 Å². The summed E-state index contributed by atoms with van der Waals surface area (Å²) < 4.78 is 6.54. The third-order valence-corrected chi connectivity index (χ3v) is 2.35. The summed E-state index contributed by atoms with van der Waals surface area (Å²) in [4.78, 5) is 20.3. The number of methoxy groups -OCH3 is 1. The molecule has 0 N–H and O–H groups in total. The zero-order chi connectivity index (χ0) is 12.4. The average Bonchev–Trinajstić information content (AvgIpc) is 2.70. The highest BCUT2D eigenvalue weighted by Gasteiger charge is 2.20. The molecule has 0 aliphatic rings. The number of hydrogen-bond acceptors (Lipinski definition) is 5. The lowest BCUT2D eigenvalue weighted by atomic mass is 10.2. The predicted molar refractivity (Wildman–Crippen MR) is 60.0 cm³/mol. The van der Waals surface area contributed by atoms with Gasteiger partial charge in [-0.25, -0.2) is 4.98 Å². The van der Waals surface area contributed by atoms with Crippen LogP contribution in [-0.4, -0.2) is 32.6 Å². The minimum atomic E-state index is -0.255. The van der Waals surface area contributed by atoms with E-state index in [1.54, 1.807) is 13.2 Å². The van der Waals surface area contributed by atoms with Crippen molar-refractivity contribution in [2.75, 3.05) is 7.11 Å². The largest absolute Gasteiger partial charge is 0.493 e. The molecule has 6 heteroatoms.